The van der Waals surface area contributed by atoms with Crippen LogP contribution in [0, 0.1) is 0 Å². The number of carbonyl (C=O) groups excluding carboxylic acids is 1. The van der Waals surface area contributed by atoms with E-state index in [-0.39, 0.29) is 18.1 Å². The second kappa shape index (κ2) is 10.2. The topological polar surface area (TPSA) is 44.4 Å². The average Bonchev–Trinajstić information content (AvgIpc) is 2.47. The largest absolute Gasteiger partial charge is 0.336 e. The molecule has 1 rings (SSSR count). The summed E-state index contributed by atoms with van der Waals surface area (Å²) in [5.74, 6) is 0. The Morgan fingerprint density at radius 3 is 2.41 bits per heavy atom. The smallest absolute Gasteiger partial charge is 0.315 e. The first-order valence-electron chi connectivity index (χ1n) is 8.29. The molecular formula is C18H31N3O. The van der Waals surface area contributed by atoms with Gasteiger partial charge in [-0.25, -0.2) is 4.79 Å². The normalized spacial score (nSPS) is 13.7. The summed E-state index contributed by atoms with van der Waals surface area (Å²) in [6.45, 7) is 5.04. The van der Waals surface area contributed by atoms with Crippen LogP contribution in [-0.4, -0.2) is 37.6 Å². The Bertz CT molecular complexity index is 420. The minimum atomic E-state index is -0.0836. The van der Waals surface area contributed by atoms with Crippen LogP contribution in [0.15, 0.2) is 30.3 Å². The molecule has 0 aliphatic heterocycles. The Labute approximate surface area is 135 Å². The number of unbranched alkanes of at least 4 members (excludes halogenated alkanes) is 2. The minimum Gasteiger partial charge on any atom is -0.336 e. The molecule has 0 aromatic heterocycles. The van der Waals surface area contributed by atoms with Crippen LogP contribution in [-0.2, 0) is 0 Å². The molecule has 1 aromatic carbocycles. The summed E-state index contributed by atoms with van der Waals surface area (Å²) in [6.07, 6.45) is 4.63. The van der Waals surface area contributed by atoms with Crippen molar-refractivity contribution >= 4 is 6.03 Å². The molecule has 1 aromatic rings. The van der Waals surface area contributed by atoms with Crippen LogP contribution in [0.4, 0.5) is 4.79 Å². The molecule has 124 valence electrons. The van der Waals surface area contributed by atoms with Gasteiger partial charge in [-0.2, -0.15) is 0 Å². The van der Waals surface area contributed by atoms with E-state index in [1.165, 1.54) is 12.8 Å². The van der Waals surface area contributed by atoms with Crippen molar-refractivity contribution in [3.63, 3.8) is 0 Å². The van der Waals surface area contributed by atoms with Gasteiger partial charge in [0.15, 0.2) is 0 Å². The van der Waals surface area contributed by atoms with Crippen LogP contribution in [0.3, 0.4) is 0 Å². The number of benzene rings is 1. The van der Waals surface area contributed by atoms with Crippen molar-refractivity contribution in [2.75, 3.05) is 20.6 Å². The van der Waals surface area contributed by atoms with Crippen LogP contribution in [0.2, 0.25) is 0 Å². The lowest BCUT2D eigenvalue weighted by molar-refractivity contribution is 0.229. The quantitative estimate of drug-likeness (QED) is 0.685. The molecule has 0 aliphatic carbocycles. The van der Waals surface area contributed by atoms with Gasteiger partial charge >= 0.3 is 6.03 Å². The minimum absolute atomic E-state index is 0.000887. The van der Waals surface area contributed by atoms with Crippen LogP contribution < -0.4 is 10.6 Å². The molecule has 0 saturated heterocycles. The highest BCUT2D eigenvalue weighted by Crippen LogP contribution is 2.13. The standard InChI is InChI=1S/C18H31N3O/c1-5-6-8-11-15(2)19-18(22)20-17(14-21(3)4)16-12-9-7-10-13-16/h7,9-10,12-13,15,17H,5-6,8,11,14H2,1-4H3,(H2,19,20,22). The van der Waals surface area contributed by atoms with Crippen LogP contribution in [0.25, 0.3) is 0 Å². The molecule has 0 aliphatic rings. The third-order valence-electron chi connectivity index (χ3n) is 3.67. The van der Waals surface area contributed by atoms with Crippen LogP contribution in [0.5, 0.6) is 0 Å². The van der Waals surface area contributed by atoms with Gasteiger partial charge in [0, 0.05) is 12.6 Å². The molecule has 2 N–H and O–H groups in total. The number of carbonyl (C=O) groups is 1. The fourth-order valence-electron chi connectivity index (χ4n) is 2.48. The van der Waals surface area contributed by atoms with Crippen molar-refractivity contribution in [2.24, 2.45) is 0 Å². The number of likely N-dealkylation sites (N-methyl/N-ethyl adjacent to an activating group) is 1. The lowest BCUT2D eigenvalue weighted by atomic mass is 10.1. The molecule has 0 spiro atoms. The fourth-order valence-corrected chi connectivity index (χ4v) is 2.48. The van der Waals surface area contributed by atoms with Gasteiger partial charge in [0.05, 0.1) is 6.04 Å². The summed E-state index contributed by atoms with van der Waals surface area (Å²) in [5, 5.41) is 6.14. The maximum Gasteiger partial charge on any atom is 0.315 e. The highest BCUT2D eigenvalue weighted by atomic mass is 16.2. The van der Waals surface area contributed by atoms with E-state index in [2.05, 4.69) is 41.5 Å². The molecule has 4 heteroatoms. The van der Waals surface area contributed by atoms with E-state index >= 15 is 0 Å². The number of hydrogen-bond acceptors (Lipinski definition) is 2. The Hall–Kier alpha value is -1.55. The number of hydrogen-bond donors (Lipinski definition) is 2. The maximum absolute atomic E-state index is 12.2. The molecule has 0 fully saturated rings. The first-order chi connectivity index (χ1) is 10.5. The molecule has 0 saturated carbocycles. The van der Waals surface area contributed by atoms with Gasteiger partial charge in [-0.3, -0.25) is 0 Å². The molecule has 4 nitrogen and oxygen atoms in total. The van der Waals surface area contributed by atoms with Gasteiger partial charge in [-0.05, 0) is 33.0 Å². The van der Waals surface area contributed by atoms with Crippen molar-refractivity contribution in [2.45, 2.75) is 51.6 Å². The Morgan fingerprint density at radius 2 is 1.82 bits per heavy atom. The van der Waals surface area contributed by atoms with E-state index in [1.54, 1.807) is 0 Å². The van der Waals surface area contributed by atoms with Crippen molar-refractivity contribution in [1.82, 2.24) is 15.5 Å². The number of nitrogens with one attached hydrogen (secondary N) is 2. The van der Waals surface area contributed by atoms with E-state index in [0.717, 1.165) is 24.9 Å². The summed E-state index contributed by atoms with van der Waals surface area (Å²) in [6, 6.07) is 10.2. The molecule has 0 radical (unpaired) electrons. The van der Waals surface area contributed by atoms with Gasteiger partial charge in [0.2, 0.25) is 0 Å². The predicted molar refractivity (Wildman–Crippen MR) is 93.0 cm³/mol. The van der Waals surface area contributed by atoms with E-state index < -0.39 is 0 Å². The summed E-state index contributed by atoms with van der Waals surface area (Å²) >= 11 is 0. The summed E-state index contributed by atoms with van der Waals surface area (Å²) in [4.78, 5) is 14.3. The lowest BCUT2D eigenvalue weighted by Gasteiger charge is -2.24. The summed E-state index contributed by atoms with van der Waals surface area (Å²) in [7, 11) is 4.03. The van der Waals surface area contributed by atoms with Crippen molar-refractivity contribution < 1.29 is 4.79 Å². The molecule has 0 bridgehead atoms. The fraction of sp³-hybridized carbons (Fsp3) is 0.611. The molecule has 2 amide bonds. The average molecular weight is 305 g/mol. The Morgan fingerprint density at radius 1 is 1.14 bits per heavy atom. The first kappa shape index (κ1) is 18.5. The second-order valence-electron chi connectivity index (χ2n) is 6.24. The van der Waals surface area contributed by atoms with E-state index in [1.807, 2.05) is 32.3 Å². The first-order valence-corrected chi connectivity index (χ1v) is 8.29. The molecule has 0 heterocycles. The van der Waals surface area contributed by atoms with E-state index in [9.17, 15) is 4.79 Å². The summed E-state index contributed by atoms with van der Waals surface area (Å²) < 4.78 is 0. The SMILES string of the molecule is CCCCCC(C)NC(=O)NC(CN(C)C)c1ccccc1. The van der Waals surface area contributed by atoms with Gasteiger partial charge in [-0.15, -0.1) is 0 Å². The summed E-state index contributed by atoms with van der Waals surface area (Å²) in [5.41, 5.74) is 1.13. The molecular weight excluding hydrogens is 274 g/mol. The van der Waals surface area contributed by atoms with Crippen molar-refractivity contribution in [1.29, 1.82) is 0 Å². The van der Waals surface area contributed by atoms with Crippen molar-refractivity contribution in [3.8, 4) is 0 Å². The van der Waals surface area contributed by atoms with Gasteiger partial charge in [-0.1, -0.05) is 56.5 Å². The maximum atomic E-state index is 12.2. The van der Waals surface area contributed by atoms with Gasteiger partial charge < -0.3 is 15.5 Å². The predicted octanol–water partition coefficient (Wildman–Crippen LogP) is 3.56. The van der Waals surface area contributed by atoms with Crippen molar-refractivity contribution in [3.05, 3.63) is 35.9 Å². The van der Waals surface area contributed by atoms with E-state index in [4.69, 9.17) is 0 Å². The number of amides is 2. The van der Waals surface area contributed by atoms with Crippen LogP contribution >= 0.6 is 0 Å². The third kappa shape index (κ3) is 7.46. The van der Waals surface area contributed by atoms with Gasteiger partial charge in [0.1, 0.15) is 0 Å². The van der Waals surface area contributed by atoms with Crippen LogP contribution in [0.1, 0.15) is 51.1 Å². The molecule has 22 heavy (non-hydrogen) atoms. The zero-order valence-corrected chi connectivity index (χ0v) is 14.4. The Balaban J connectivity index is 2.53. The van der Waals surface area contributed by atoms with Gasteiger partial charge in [0.25, 0.3) is 0 Å². The number of rotatable bonds is 9. The zero-order valence-electron chi connectivity index (χ0n) is 14.4. The molecule has 2 atom stereocenters. The third-order valence-corrected chi connectivity index (χ3v) is 3.67. The lowest BCUT2D eigenvalue weighted by Crippen LogP contribution is -2.44. The number of urea groups is 1. The zero-order chi connectivity index (χ0) is 16.4. The van der Waals surface area contributed by atoms with E-state index in [0.29, 0.717) is 0 Å². The highest BCUT2D eigenvalue weighted by molar-refractivity contribution is 5.74. The Kier molecular flexibility index (Phi) is 8.60. The molecule has 2 unspecified atom stereocenters. The second-order valence-corrected chi connectivity index (χ2v) is 6.24. The highest BCUT2D eigenvalue weighted by Gasteiger charge is 2.16. The number of nitrogens with zero attached hydrogens (tertiary/aromatic N) is 1. The monoisotopic (exact) mass is 305 g/mol.